The van der Waals surface area contributed by atoms with Crippen molar-refractivity contribution in [3.63, 3.8) is 0 Å². The van der Waals surface area contributed by atoms with E-state index in [2.05, 4.69) is 52.0 Å². The van der Waals surface area contributed by atoms with Crippen LogP contribution in [0.4, 0.5) is 0 Å². The summed E-state index contributed by atoms with van der Waals surface area (Å²) < 4.78 is 3.74. The molecule has 0 aliphatic heterocycles. The predicted octanol–water partition coefficient (Wildman–Crippen LogP) is 6.43. The van der Waals surface area contributed by atoms with E-state index in [0.29, 0.717) is 0 Å². The Balaban J connectivity index is 0.00000200. The van der Waals surface area contributed by atoms with Gasteiger partial charge in [0.15, 0.2) is 0 Å². The molecule has 0 saturated heterocycles. The normalized spacial score (nSPS) is 19.4. The van der Waals surface area contributed by atoms with Crippen LogP contribution in [-0.2, 0) is 22.9 Å². The largest absolute Gasteiger partial charge is 0.147 e. The molecule has 0 nitrogen and oxygen atoms in total. The Morgan fingerprint density at radius 1 is 0.857 bits per heavy atom. The molecule has 0 bridgehead atoms. The fraction of sp³-hybridized carbons (Fsp3) is 0.556. The van der Waals surface area contributed by atoms with Crippen molar-refractivity contribution >= 4 is 24.8 Å². The first kappa shape index (κ1) is 21.4. The molecule has 2 unspecified atom stereocenters. The van der Waals surface area contributed by atoms with Gasteiger partial charge in [0.2, 0.25) is 0 Å². The van der Waals surface area contributed by atoms with E-state index >= 15 is 0 Å². The second-order valence-electron chi connectivity index (χ2n) is 5.82. The summed E-state index contributed by atoms with van der Waals surface area (Å²) in [6.45, 7) is 9.42. The Kier molecular flexibility index (Phi) is 10.4. The molecular formula is C18H28Cl2Hf. The summed E-state index contributed by atoms with van der Waals surface area (Å²) in [5.41, 5.74) is 3.41. The van der Waals surface area contributed by atoms with Crippen LogP contribution >= 0.6 is 24.8 Å². The topological polar surface area (TPSA) is 0 Å². The summed E-state index contributed by atoms with van der Waals surface area (Å²) in [4.78, 5) is 0. The van der Waals surface area contributed by atoms with Crippen molar-refractivity contribution < 1.29 is 22.9 Å². The van der Waals surface area contributed by atoms with Crippen LogP contribution in [0.5, 0.6) is 0 Å². The number of hydrogen-bond acceptors (Lipinski definition) is 0. The number of rotatable bonds is 6. The average Bonchev–Trinajstić information content (AvgIpc) is 3.06. The summed E-state index contributed by atoms with van der Waals surface area (Å²) in [7, 11) is 0. The van der Waals surface area contributed by atoms with E-state index in [-0.39, 0.29) is 24.8 Å². The molecule has 0 heterocycles. The summed E-state index contributed by atoms with van der Waals surface area (Å²) in [5.74, 6) is 1.53. The maximum absolute atomic E-state index is 2.42. The van der Waals surface area contributed by atoms with E-state index in [1.807, 2.05) is 6.66 Å². The molecule has 118 valence electrons. The van der Waals surface area contributed by atoms with Gasteiger partial charge >= 0.3 is 130 Å². The van der Waals surface area contributed by atoms with Gasteiger partial charge in [-0.25, -0.2) is 0 Å². The fourth-order valence-corrected chi connectivity index (χ4v) is 9.13. The van der Waals surface area contributed by atoms with Crippen molar-refractivity contribution in [2.24, 2.45) is 11.8 Å². The molecule has 2 rings (SSSR count). The number of hydrogen-bond donors (Lipinski definition) is 0. The van der Waals surface area contributed by atoms with E-state index in [4.69, 9.17) is 0 Å². The molecule has 0 spiro atoms. The van der Waals surface area contributed by atoms with Crippen molar-refractivity contribution in [3.8, 4) is 0 Å². The zero-order valence-electron chi connectivity index (χ0n) is 13.6. The molecule has 0 saturated carbocycles. The van der Waals surface area contributed by atoms with Gasteiger partial charge in [0.1, 0.15) is 0 Å². The zero-order valence-corrected chi connectivity index (χ0v) is 18.8. The van der Waals surface area contributed by atoms with Crippen LogP contribution < -0.4 is 0 Å². The maximum atomic E-state index is 2.42. The first-order valence-corrected chi connectivity index (χ1v) is 11.3. The Morgan fingerprint density at radius 3 is 1.57 bits per heavy atom. The molecule has 2 aliphatic rings. The van der Waals surface area contributed by atoms with E-state index in [1.54, 1.807) is 11.1 Å². The number of allylic oxidation sites excluding steroid dienone is 8. The van der Waals surface area contributed by atoms with Gasteiger partial charge in [-0.1, -0.05) is 0 Å². The van der Waals surface area contributed by atoms with Gasteiger partial charge in [-0.2, -0.15) is 0 Å². The Hall–Kier alpha value is 0.410. The van der Waals surface area contributed by atoms with Gasteiger partial charge in [-0.15, -0.1) is 24.8 Å². The second kappa shape index (κ2) is 10.2. The van der Waals surface area contributed by atoms with Crippen LogP contribution in [0.3, 0.4) is 0 Å². The van der Waals surface area contributed by atoms with Crippen molar-refractivity contribution in [2.45, 2.75) is 53.4 Å². The van der Waals surface area contributed by atoms with Crippen molar-refractivity contribution in [1.29, 1.82) is 0 Å². The smallest absolute Gasteiger partial charge is 0.147 e. The fourth-order valence-electron chi connectivity index (χ4n) is 2.84. The molecule has 21 heavy (non-hydrogen) atoms. The molecule has 0 amide bonds. The summed E-state index contributed by atoms with van der Waals surface area (Å²) in [5, 5.41) is 0. The summed E-state index contributed by atoms with van der Waals surface area (Å²) in [6.07, 6.45) is 14.7. The molecule has 0 aromatic carbocycles. The molecule has 0 aromatic rings. The monoisotopic (exact) mass is 494 g/mol. The minimum Gasteiger partial charge on any atom is -0.147 e. The SMILES string of the molecule is CCC(C)C1=[C]([Hf][C]2=C(C(C)CC)C=CC2)CC=C1.Cl.Cl. The Bertz CT molecular complexity index is 416. The first-order chi connectivity index (χ1) is 9.17. The minimum atomic E-state index is -0.764. The second-order valence-corrected chi connectivity index (χ2v) is 11.1. The van der Waals surface area contributed by atoms with Crippen molar-refractivity contribution in [2.75, 3.05) is 0 Å². The van der Waals surface area contributed by atoms with E-state index in [0.717, 1.165) is 11.8 Å². The van der Waals surface area contributed by atoms with E-state index in [1.165, 1.54) is 25.7 Å². The van der Waals surface area contributed by atoms with Gasteiger partial charge < -0.3 is 0 Å². The molecule has 3 heteroatoms. The third-order valence-corrected chi connectivity index (χ3v) is 10.2. The van der Waals surface area contributed by atoms with Crippen LogP contribution in [0.25, 0.3) is 0 Å². The molecule has 0 fully saturated rings. The number of halogens is 2. The molecule has 2 atom stereocenters. The third kappa shape index (κ3) is 5.22. The third-order valence-electron chi connectivity index (χ3n) is 4.52. The van der Waals surface area contributed by atoms with Gasteiger partial charge in [0.25, 0.3) is 0 Å². The Morgan fingerprint density at radius 2 is 1.24 bits per heavy atom. The van der Waals surface area contributed by atoms with Crippen LogP contribution in [0.2, 0.25) is 0 Å². The molecule has 0 aromatic heterocycles. The van der Waals surface area contributed by atoms with Crippen LogP contribution in [0.1, 0.15) is 53.4 Å². The standard InChI is InChI=1S/2C9H13.2ClH.Hf/c2*1-3-8(2)9-6-4-5-7-9;;;/h2*4,6,8H,3,5H2,1-2H3;2*1H;. The minimum absolute atomic E-state index is 0. The Labute approximate surface area is 154 Å². The van der Waals surface area contributed by atoms with Crippen molar-refractivity contribution in [3.05, 3.63) is 42.1 Å². The van der Waals surface area contributed by atoms with Gasteiger partial charge in [0.05, 0.1) is 0 Å². The molecular weight excluding hydrogens is 466 g/mol. The molecule has 2 aliphatic carbocycles. The van der Waals surface area contributed by atoms with Crippen LogP contribution in [0, 0.1) is 11.8 Å². The first-order valence-electron chi connectivity index (χ1n) is 7.73. The molecule has 0 radical (unpaired) electrons. The zero-order chi connectivity index (χ0) is 13.8. The van der Waals surface area contributed by atoms with E-state index in [9.17, 15) is 0 Å². The quantitative estimate of drug-likeness (QED) is 0.374. The van der Waals surface area contributed by atoms with Crippen molar-refractivity contribution in [1.82, 2.24) is 0 Å². The van der Waals surface area contributed by atoms with Crippen LogP contribution in [-0.4, -0.2) is 0 Å². The summed E-state index contributed by atoms with van der Waals surface area (Å²) >= 11 is -0.764. The molecule has 0 N–H and O–H groups in total. The average molecular weight is 494 g/mol. The maximum Gasteiger partial charge on any atom is -0.147 e. The van der Waals surface area contributed by atoms with E-state index < -0.39 is 22.9 Å². The predicted molar refractivity (Wildman–Crippen MR) is 95.0 cm³/mol. The van der Waals surface area contributed by atoms with Gasteiger partial charge in [-0.05, 0) is 0 Å². The van der Waals surface area contributed by atoms with Gasteiger partial charge in [0, 0.05) is 0 Å². The summed E-state index contributed by atoms with van der Waals surface area (Å²) in [6, 6.07) is 0. The van der Waals surface area contributed by atoms with Gasteiger partial charge in [-0.3, -0.25) is 0 Å². The van der Waals surface area contributed by atoms with Crippen LogP contribution in [0.15, 0.2) is 42.1 Å².